The molecule has 2 N–H and O–H groups in total. The van der Waals surface area contributed by atoms with Crippen LogP contribution in [-0.4, -0.2) is 9.97 Å². The molecule has 4 heteroatoms. The van der Waals surface area contributed by atoms with Gasteiger partial charge >= 0.3 is 0 Å². The lowest BCUT2D eigenvalue weighted by Gasteiger charge is -2.16. The Morgan fingerprint density at radius 3 is 2.57 bits per heavy atom. The van der Waals surface area contributed by atoms with Gasteiger partial charge in [-0.05, 0) is 18.4 Å². The van der Waals surface area contributed by atoms with Crippen molar-refractivity contribution in [3.05, 3.63) is 66.2 Å². The summed E-state index contributed by atoms with van der Waals surface area (Å²) in [5, 5.41) is 2.19. The molecule has 2 aromatic carbocycles. The van der Waals surface area contributed by atoms with Gasteiger partial charge in [-0.15, -0.1) is 0 Å². The smallest absolute Gasteiger partial charge is 0.166 e. The van der Waals surface area contributed by atoms with Crippen LogP contribution in [0.5, 0.6) is 5.75 Å². The van der Waals surface area contributed by atoms with E-state index in [-0.39, 0.29) is 6.04 Å². The molecule has 0 unspecified atom stereocenters. The molecule has 0 saturated heterocycles. The molecule has 1 aromatic heterocycles. The second-order valence-electron chi connectivity index (χ2n) is 4.95. The van der Waals surface area contributed by atoms with Gasteiger partial charge in [-0.3, -0.25) is 0 Å². The first-order valence-corrected chi connectivity index (χ1v) is 6.91. The Morgan fingerprint density at radius 1 is 1.05 bits per heavy atom. The molecular formula is C17H17N3O. The minimum atomic E-state index is -0.0960. The number of nitrogens with two attached hydrogens (primary N) is 1. The van der Waals surface area contributed by atoms with Crippen LogP contribution >= 0.6 is 0 Å². The topological polar surface area (TPSA) is 61.0 Å². The fraction of sp³-hybridized carbons (Fsp3) is 0.176. The molecule has 0 amide bonds. The summed E-state index contributed by atoms with van der Waals surface area (Å²) in [6.07, 6.45) is 3.42. The van der Waals surface area contributed by atoms with Crippen molar-refractivity contribution in [2.24, 2.45) is 5.73 Å². The van der Waals surface area contributed by atoms with Crippen molar-refractivity contribution in [3.8, 4) is 5.75 Å². The average molecular weight is 279 g/mol. The van der Waals surface area contributed by atoms with E-state index in [1.807, 2.05) is 31.2 Å². The van der Waals surface area contributed by atoms with Gasteiger partial charge < -0.3 is 10.5 Å². The van der Waals surface area contributed by atoms with E-state index in [1.54, 1.807) is 18.5 Å². The first kappa shape index (κ1) is 13.5. The van der Waals surface area contributed by atoms with E-state index in [4.69, 9.17) is 10.5 Å². The van der Waals surface area contributed by atoms with Gasteiger partial charge in [0.1, 0.15) is 12.4 Å². The molecule has 106 valence electrons. The first-order valence-electron chi connectivity index (χ1n) is 6.91. The molecule has 0 fully saturated rings. The van der Waals surface area contributed by atoms with Crippen LogP contribution in [0.3, 0.4) is 0 Å². The number of hydrogen-bond donors (Lipinski definition) is 1. The van der Waals surface area contributed by atoms with Gasteiger partial charge in [0.05, 0.1) is 0 Å². The van der Waals surface area contributed by atoms with Crippen molar-refractivity contribution in [1.29, 1.82) is 0 Å². The quantitative estimate of drug-likeness (QED) is 0.796. The molecule has 3 rings (SSSR count). The number of benzene rings is 2. The Balaban J connectivity index is 2.00. The molecule has 0 spiro atoms. The molecule has 0 bridgehead atoms. The van der Waals surface area contributed by atoms with Crippen LogP contribution in [-0.2, 0) is 6.61 Å². The lowest BCUT2D eigenvalue weighted by molar-refractivity contribution is 0.295. The molecule has 0 saturated carbocycles. The van der Waals surface area contributed by atoms with E-state index >= 15 is 0 Å². The highest BCUT2D eigenvalue weighted by Crippen LogP contribution is 2.33. The lowest BCUT2D eigenvalue weighted by atomic mass is 10.0. The Kier molecular flexibility index (Phi) is 3.79. The number of ether oxygens (including phenoxy) is 1. The fourth-order valence-electron chi connectivity index (χ4n) is 2.32. The van der Waals surface area contributed by atoms with Crippen LogP contribution in [0.4, 0.5) is 0 Å². The molecule has 21 heavy (non-hydrogen) atoms. The summed E-state index contributed by atoms with van der Waals surface area (Å²) in [6, 6.07) is 13.9. The number of aromatic nitrogens is 2. The van der Waals surface area contributed by atoms with Gasteiger partial charge in [-0.2, -0.15) is 0 Å². The number of rotatable bonds is 4. The molecular weight excluding hydrogens is 262 g/mol. The number of nitrogens with zero attached hydrogens (tertiary/aromatic N) is 2. The number of hydrogen-bond acceptors (Lipinski definition) is 4. The molecule has 1 heterocycles. The number of fused-ring (bicyclic) bond motifs is 1. The van der Waals surface area contributed by atoms with Gasteiger partial charge in [0.15, 0.2) is 5.82 Å². The van der Waals surface area contributed by atoms with E-state index in [9.17, 15) is 0 Å². The van der Waals surface area contributed by atoms with Crippen molar-refractivity contribution >= 4 is 10.8 Å². The summed E-state index contributed by atoms with van der Waals surface area (Å²) < 4.78 is 5.99. The van der Waals surface area contributed by atoms with E-state index < -0.39 is 0 Å². The van der Waals surface area contributed by atoms with E-state index in [0.717, 1.165) is 22.1 Å². The molecule has 4 nitrogen and oxygen atoms in total. The van der Waals surface area contributed by atoms with Gasteiger partial charge in [-0.1, -0.05) is 36.4 Å². The predicted molar refractivity (Wildman–Crippen MR) is 82.9 cm³/mol. The highest BCUT2D eigenvalue weighted by molar-refractivity contribution is 5.89. The first-order chi connectivity index (χ1) is 10.3. The maximum atomic E-state index is 6.06. The summed E-state index contributed by atoms with van der Waals surface area (Å²) in [7, 11) is 0. The summed E-state index contributed by atoms with van der Waals surface area (Å²) in [5.74, 6) is 1.47. The highest BCUT2D eigenvalue weighted by atomic mass is 16.5. The van der Waals surface area contributed by atoms with E-state index in [2.05, 4.69) is 22.1 Å². The average Bonchev–Trinajstić information content (AvgIpc) is 2.53. The third kappa shape index (κ3) is 2.85. The fourth-order valence-corrected chi connectivity index (χ4v) is 2.32. The Hall–Kier alpha value is -2.46. The second-order valence-corrected chi connectivity index (χ2v) is 4.95. The van der Waals surface area contributed by atoms with E-state index in [1.165, 1.54) is 0 Å². The van der Waals surface area contributed by atoms with Crippen molar-refractivity contribution in [2.45, 2.75) is 19.6 Å². The third-order valence-electron chi connectivity index (χ3n) is 3.37. The normalized spacial score (nSPS) is 12.3. The van der Waals surface area contributed by atoms with Gasteiger partial charge in [0.25, 0.3) is 0 Å². The third-order valence-corrected chi connectivity index (χ3v) is 3.37. The largest absolute Gasteiger partial charge is 0.485 e. The van der Waals surface area contributed by atoms with Crippen LogP contribution in [0.25, 0.3) is 10.8 Å². The highest BCUT2D eigenvalue weighted by Gasteiger charge is 2.12. The molecule has 0 aliphatic rings. The summed E-state index contributed by atoms with van der Waals surface area (Å²) in [4.78, 5) is 8.36. The zero-order chi connectivity index (χ0) is 14.7. The van der Waals surface area contributed by atoms with Crippen LogP contribution in [0.15, 0.2) is 54.9 Å². The van der Waals surface area contributed by atoms with Crippen LogP contribution < -0.4 is 10.5 Å². The molecule has 1 atom stereocenters. The predicted octanol–water partition coefficient (Wildman–Crippen LogP) is 3.23. The molecule has 0 aliphatic heterocycles. The maximum absolute atomic E-state index is 6.06. The molecule has 0 radical (unpaired) electrons. The van der Waals surface area contributed by atoms with Gasteiger partial charge in [0, 0.05) is 29.4 Å². The summed E-state index contributed by atoms with van der Waals surface area (Å²) >= 11 is 0. The van der Waals surface area contributed by atoms with E-state index in [0.29, 0.717) is 12.4 Å². The van der Waals surface area contributed by atoms with Crippen molar-refractivity contribution in [3.63, 3.8) is 0 Å². The monoisotopic (exact) mass is 279 g/mol. The summed E-state index contributed by atoms with van der Waals surface area (Å²) in [5.41, 5.74) is 7.05. The minimum Gasteiger partial charge on any atom is -0.485 e. The zero-order valence-corrected chi connectivity index (χ0v) is 11.9. The van der Waals surface area contributed by atoms with Crippen LogP contribution in [0.2, 0.25) is 0 Å². The SMILES string of the molecule is C[C@H](N)c1ccc2ccccc2c1OCc1ncccn1. The Morgan fingerprint density at radius 2 is 1.81 bits per heavy atom. The Labute approximate surface area is 123 Å². The molecule has 0 aliphatic carbocycles. The standard InChI is InChI=1S/C17H17N3O/c1-12(18)14-8-7-13-5-2-3-6-15(13)17(14)21-11-16-19-9-4-10-20-16/h2-10,12H,11,18H2,1H3/t12-/m0/s1. The maximum Gasteiger partial charge on any atom is 0.166 e. The molecule has 3 aromatic rings. The minimum absolute atomic E-state index is 0.0960. The summed E-state index contributed by atoms with van der Waals surface area (Å²) in [6.45, 7) is 2.28. The zero-order valence-electron chi connectivity index (χ0n) is 11.9. The van der Waals surface area contributed by atoms with Crippen LogP contribution in [0, 0.1) is 0 Å². The lowest BCUT2D eigenvalue weighted by Crippen LogP contribution is -2.09. The van der Waals surface area contributed by atoms with Crippen molar-refractivity contribution in [1.82, 2.24) is 9.97 Å². The Bertz CT molecular complexity index is 741. The van der Waals surface area contributed by atoms with Gasteiger partial charge in [0.2, 0.25) is 0 Å². The van der Waals surface area contributed by atoms with Crippen molar-refractivity contribution in [2.75, 3.05) is 0 Å². The van der Waals surface area contributed by atoms with Gasteiger partial charge in [-0.25, -0.2) is 9.97 Å². The van der Waals surface area contributed by atoms with Crippen LogP contribution in [0.1, 0.15) is 24.4 Å². The van der Waals surface area contributed by atoms with Crippen molar-refractivity contribution < 1.29 is 4.74 Å². The second kappa shape index (κ2) is 5.89.